The van der Waals surface area contributed by atoms with Crippen molar-refractivity contribution in [3.63, 3.8) is 0 Å². The molecule has 126 valence electrons. The molecule has 1 aliphatic carbocycles. The van der Waals surface area contributed by atoms with E-state index in [0.717, 1.165) is 43.9 Å². The highest BCUT2D eigenvalue weighted by Crippen LogP contribution is 2.30. The summed E-state index contributed by atoms with van der Waals surface area (Å²) >= 11 is 0. The molecule has 0 unspecified atom stereocenters. The number of carbonyl (C=O) groups excluding carboxylic acids is 2. The van der Waals surface area contributed by atoms with Gasteiger partial charge in [0.2, 0.25) is 5.91 Å². The predicted octanol–water partition coefficient (Wildman–Crippen LogP) is 2.90. The Kier molecular flexibility index (Phi) is 6.32. The molecule has 0 bridgehead atoms. The zero-order valence-corrected chi connectivity index (χ0v) is 15.2. The number of alkyl carbamates (subject to hydrolysis) is 1. The Labute approximate surface area is 140 Å². The van der Waals surface area contributed by atoms with Crippen LogP contribution < -0.4 is 5.32 Å². The SMILES string of the molecule is CC(C)(C)OC(=O)N[C@@H]1CC[C@H](C(=O)N2CCSSCC2)C1. The van der Waals surface area contributed by atoms with Crippen LogP contribution in [0.25, 0.3) is 0 Å². The van der Waals surface area contributed by atoms with E-state index in [9.17, 15) is 9.59 Å². The summed E-state index contributed by atoms with van der Waals surface area (Å²) in [6, 6.07) is 0.0551. The Morgan fingerprint density at radius 1 is 1.14 bits per heavy atom. The summed E-state index contributed by atoms with van der Waals surface area (Å²) in [6.07, 6.45) is 2.06. The van der Waals surface area contributed by atoms with Crippen molar-refractivity contribution in [2.24, 2.45) is 5.92 Å². The van der Waals surface area contributed by atoms with Crippen molar-refractivity contribution in [2.75, 3.05) is 24.6 Å². The van der Waals surface area contributed by atoms with E-state index in [1.54, 1.807) is 0 Å². The summed E-state index contributed by atoms with van der Waals surface area (Å²) in [7, 11) is 3.69. The molecule has 2 rings (SSSR count). The molecule has 2 aliphatic rings. The average Bonchev–Trinajstić information content (AvgIpc) is 2.70. The van der Waals surface area contributed by atoms with E-state index >= 15 is 0 Å². The van der Waals surface area contributed by atoms with Crippen LogP contribution >= 0.6 is 21.6 Å². The smallest absolute Gasteiger partial charge is 0.407 e. The van der Waals surface area contributed by atoms with Gasteiger partial charge in [-0.05, 0) is 40.0 Å². The van der Waals surface area contributed by atoms with Crippen LogP contribution in [0.5, 0.6) is 0 Å². The summed E-state index contributed by atoms with van der Waals surface area (Å²) in [4.78, 5) is 26.4. The molecule has 7 heteroatoms. The molecule has 0 spiro atoms. The van der Waals surface area contributed by atoms with Gasteiger partial charge >= 0.3 is 6.09 Å². The van der Waals surface area contributed by atoms with Crippen molar-refractivity contribution in [1.82, 2.24) is 10.2 Å². The Bertz CT molecular complexity index is 404. The number of nitrogens with zero attached hydrogens (tertiary/aromatic N) is 1. The molecule has 2 amide bonds. The molecule has 0 aromatic heterocycles. The third-order valence-corrected chi connectivity index (χ3v) is 6.15. The second-order valence-corrected chi connectivity index (χ2v) is 9.52. The first-order valence-corrected chi connectivity index (χ1v) is 10.4. The number of carbonyl (C=O) groups is 2. The summed E-state index contributed by atoms with van der Waals surface area (Å²) in [5.41, 5.74) is -0.487. The van der Waals surface area contributed by atoms with Crippen molar-refractivity contribution in [2.45, 2.75) is 51.7 Å². The number of rotatable bonds is 2. The van der Waals surface area contributed by atoms with Gasteiger partial charge in [0, 0.05) is 36.6 Å². The van der Waals surface area contributed by atoms with Crippen LogP contribution in [0.3, 0.4) is 0 Å². The van der Waals surface area contributed by atoms with E-state index in [2.05, 4.69) is 5.32 Å². The first kappa shape index (κ1) is 17.8. The van der Waals surface area contributed by atoms with Gasteiger partial charge < -0.3 is 15.0 Å². The fourth-order valence-corrected chi connectivity index (χ4v) is 4.79. The molecule has 0 aromatic carbocycles. The van der Waals surface area contributed by atoms with E-state index < -0.39 is 5.60 Å². The van der Waals surface area contributed by atoms with Gasteiger partial charge in [-0.25, -0.2) is 4.79 Å². The van der Waals surface area contributed by atoms with Crippen LogP contribution in [0.15, 0.2) is 0 Å². The highest BCUT2D eigenvalue weighted by atomic mass is 33.1. The summed E-state index contributed by atoms with van der Waals surface area (Å²) < 4.78 is 5.28. The largest absolute Gasteiger partial charge is 0.444 e. The quantitative estimate of drug-likeness (QED) is 0.779. The third-order valence-electron chi connectivity index (χ3n) is 3.79. The minimum atomic E-state index is -0.487. The molecule has 0 radical (unpaired) electrons. The van der Waals surface area contributed by atoms with Crippen LogP contribution in [0, 0.1) is 5.92 Å². The van der Waals surface area contributed by atoms with Crippen LogP contribution in [-0.2, 0) is 9.53 Å². The maximum Gasteiger partial charge on any atom is 0.407 e. The molecular weight excluding hydrogens is 320 g/mol. The van der Waals surface area contributed by atoms with Crippen molar-refractivity contribution in [3.05, 3.63) is 0 Å². The monoisotopic (exact) mass is 346 g/mol. The standard InChI is InChI=1S/C15H26N2O3S2/c1-15(2,3)20-14(19)16-12-5-4-11(10-12)13(18)17-6-8-21-22-9-7-17/h11-12H,4-10H2,1-3H3,(H,16,19)/t11-,12+/m0/s1. The lowest BCUT2D eigenvalue weighted by atomic mass is 10.1. The summed E-state index contributed by atoms with van der Waals surface area (Å²) in [6.45, 7) is 7.24. The summed E-state index contributed by atoms with van der Waals surface area (Å²) in [5.74, 6) is 2.32. The van der Waals surface area contributed by atoms with Gasteiger partial charge in [-0.15, -0.1) is 0 Å². The molecule has 0 aromatic rings. The normalized spacial score (nSPS) is 26.4. The van der Waals surface area contributed by atoms with Crippen LogP contribution in [0.1, 0.15) is 40.0 Å². The van der Waals surface area contributed by atoms with Crippen LogP contribution in [-0.4, -0.2) is 53.1 Å². The van der Waals surface area contributed by atoms with Gasteiger partial charge in [-0.1, -0.05) is 21.6 Å². The molecule has 1 saturated carbocycles. The van der Waals surface area contributed by atoms with Gasteiger partial charge in [0.05, 0.1) is 0 Å². The van der Waals surface area contributed by atoms with Crippen molar-refractivity contribution in [1.29, 1.82) is 0 Å². The second kappa shape index (κ2) is 7.81. The zero-order chi connectivity index (χ0) is 16.2. The van der Waals surface area contributed by atoms with Gasteiger partial charge in [-0.3, -0.25) is 4.79 Å². The van der Waals surface area contributed by atoms with E-state index in [4.69, 9.17) is 4.74 Å². The topological polar surface area (TPSA) is 58.6 Å². The van der Waals surface area contributed by atoms with Gasteiger partial charge in [0.1, 0.15) is 5.60 Å². The second-order valence-electron chi connectivity index (χ2n) is 6.82. The predicted molar refractivity (Wildman–Crippen MR) is 92.0 cm³/mol. The number of hydrogen-bond acceptors (Lipinski definition) is 5. The number of ether oxygens (including phenoxy) is 1. The number of amides is 2. The Morgan fingerprint density at radius 2 is 1.77 bits per heavy atom. The van der Waals surface area contributed by atoms with Gasteiger partial charge in [0.15, 0.2) is 0 Å². The van der Waals surface area contributed by atoms with Crippen molar-refractivity contribution in [3.8, 4) is 0 Å². The van der Waals surface area contributed by atoms with Crippen molar-refractivity contribution < 1.29 is 14.3 Å². The number of hydrogen-bond donors (Lipinski definition) is 1. The molecule has 1 heterocycles. The fourth-order valence-electron chi connectivity index (χ4n) is 2.81. The molecule has 22 heavy (non-hydrogen) atoms. The first-order chi connectivity index (χ1) is 10.3. The number of nitrogens with one attached hydrogen (secondary N) is 1. The lowest BCUT2D eigenvalue weighted by molar-refractivity contribution is -0.134. The third kappa shape index (κ3) is 5.57. The Hall–Kier alpha value is -0.560. The minimum absolute atomic E-state index is 0.0491. The van der Waals surface area contributed by atoms with E-state index in [1.807, 2.05) is 47.3 Å². The maximum absolute atomic E-state index is 12.6. The minimum Gasteiger partial charge on any atom is -0.444 e. The molecule has 1 aliphatic heterocycles. The lowest BCUT2D eigenvalue weighted by Crippen LogP contribution is -2.40. The molecule has 2 atom stereocenters. The fraction of sp³-hybridized carbons (Fsp3) is 0.867. The highest BCUT2D eigenvalue weighted by molar-refractivity contribution is 8.76. The average molecular weight is 347 g/mol. The molecule has 5 nitrogen and oxygen atoms in total. The lowest BCUT2D eigenvalue weighted by Gasteiger charge is -2.24. The van der Waals surface area contributed by atoms with Crippen LogP contribution in [0.2, 0.25) is 0 Å². The Balaban J connectivity index is 1.79. The van der Waals surface area contributed by atoms with Gasteiger partial charge in [0.25, 0.3) is 0 Å². The Morgan fingerprint density at radius 3 is 2.36 bits per heavy atom. The van der Waals surface area contributed by atoms with Gasteiger partial charge in [-0.2, -0.15) is 0 Å². The van der Waals surface area contributed by atoms with Crippen molar-refractivity contribution >= 4 is 33.6 Å². The summed E-state index contributed by atoms with van der Waals surface area (Å²) in [5, 5.41) is 2.90. The zero-order valence-electron chi connectivity index (χ0n) is 13.6. The van der Waals surface area contributed by atoms with E-state index in [-0.39, 0.29) is 24.0 Å². The molecule has 1 saturated heterocycles. The van der Waals surface area contributed by atoms with Crippen LogP contribution in [0.4, 0.5) is 4.79 Å². The van der Waals surface area contributed by atoms with E-state index in [0.29, 0.717) is 0 Å². The first-order valence-electron chi connectivity index (χ1n) is 7.88. The highest BCUT2D eigenvalue weighted by Gasteiger charge is 2.34. The molecule has 1 N–H and O–H groups in total. The van der Waals surface area contributed by atoms with E-state index in [1.165, 1.54) is 0 Å². The molecular formula is C15H26N2O3S2. The molecule has 2 fully saturated rings. The maximum atomic E-state index is 12.6.